The molecular formula is C10H11BO6S. The molecule has 0 saturated heterocycles. The van der Waals surface area contributed by atoms with Crippen molar-refractivity contribution in [1.82, 2.24) is 0 Å². The van der Waals surface area contributed by atoms with Crippen LogP contribution in [0.25, 0.3) is 0 Å². The highest BCUT2D eigenvalue weighted by Gasteiger charge is 2.12. The van der Waals surface area contributed by atoms with Crippen molar-refractivity contribution in [2.45, 2.75) is 6.32 Å². The minimum atomic E-state index is -4.16. The molecule has 0 aliphatic carbocycles. The van der Waals surface area contributed by atoms with Gasteiger partial charge in [0.15, 0.2) is 0 Å². The van der Waals surface area contributed by atoms with Crippen molar-refractivity contribution in [3.8, 4) is 5.75 Å². The Balaban J connectivity index is 2.65. The second-order valence-corrected chi connectivity index (χ2v) is 5.04. The lowest BCUT2D eigenvalue weighted by atomic mass is 9.95. The SMILES string of the molecule is [B]Cc1ccc(C(=O)OCCS(=O)(=O)O)cc1O. The zero-order valence-electron chi connectivity index (χ0n) is 9.37. The molecule has 2 N–H and O–H groups in total. The molecule has 0 amide bonds. The van der Waals surface area contributed by atoms with Gasteiger partial charge in [-0.1, -0.05) is 12.4 Å². The molecule has 18 heavy (non-hydrogen) atoms. The van der Waals surface area contributed by atoms with E-state index in [9.17, 15) is 18.3 Å². The lowest BCUT2D eigenvalue weighted by Crippen LogP contribution is -2.14. The van der Waals surface area contributed by atoms with E-state index in [0.717, 1.165) is 0 Å². The predicted molar refractivity (Wildman–Crippen MR) is 64.3 cm³/mol. The topological polar surface area (TPSA) is 101 Å². The summed E-state index contributed by atoms with van der Waals surface area (Å²) in [5.74, 6) is -1.61. The first-order valence-corrected chi connectivity index (χ1v) is 6.58. The van der Waals surface area contributed by atoms with Crippen LogP contribution in [0.4, 0.5) is 0 Å². The second-order valence-electron chi connectivity index (χ2n) is 3.47. The van der Waals surface area contributed by atoms with Crippen LogP contribution in [0.5, 0.6) is 5.75 Å². The molecule has 0 bridgehead atoms. The van der Waals surface area contributed by atoms with Crippen molar-refractivity contribution in [2.24, 2.45) is 0 Å². The Morgan fingerprint density at radius 2 is 2.06 bits per heavy atom. The zero-order valence-corrected chi connectivity index (χ0v) is 10.2. The van der Waals surface area contributed by atoms with Gasteiger partial charge in [0.1, 0.15) is 18.1 Å². The van der Waals surface area contributed by atoms with Gasteiger partial charge in [-0.05, 0) is 17.7 Å². The van der Waals surface area contributed by atoms with E-state index in [2.05, 4.69) is 4.74 Å². The van der Waals surface area contributed by atoms with E-state index >= 15 is 0 Å². The van der Waals surface area contributed by atoms with Gasteiger partial charge in [0.2, 0.25) is 0 Å². The number of carbonyl (C=O) groups is 1. The van der Waals surface area contributed by atoms with Crippen molar-refractivity contribution >= 4 is 23.9 Å². The molecule has 0 heterocycles. The Bertz CT molecular complexity index is 539. The van der Waals surface area contributed by atoms with Crippen molar-refractivity contribution < 1.29 is 27.6 Å². The van der Waals surface area contributed by atoms with E-state index < -0.39 is 28.4 Å². The van der Waals surface area contributed by atoms with E-state index in [0.29, 0.717) is 5.56 Å². The van der Waals surface area contributed by atoms with Gasteiger partial charge in [-0.25, -0.2) is 4.79 Å². The maximum atomic E-state index is 11.4. The summed E-state index contributed by atoms with van der Waals surface area (Å²) in [5, 5.41) is 9.47. The second kappa shape index (κ2) is 5.88. The third kappa shape index (κ3) is 4.38. The maximum absolute atomic E-state index is 11.4. The van der Waals surface area contributed by atoms with Crippen LogP contribution in [0.15, 0.2) is 18.2 Å². The molecule has 8 heteroatoms. The number of phenolic OH excluding ortho intramolecular Hbond substituents is 1. The molecule has 1 aromatic carbocycles. The van der Waals surface area contributed by atoms with E-state index in [1.165, 1.54) is 18.2 Å². The first-order valence-electron chi connectivity index (χ1n) is 4.97. The number of hydrogen-bond acceptors (Lipinski definition) is 5. The van der Waals surface area contributed by atoms with Gasteiger partial charge in [-0.15, -0.1) is 0 Å². The average Bonchev–Trinajstić information content (AvgIpc) is 2.27. The first kappa shape index (κ1) is 14.5. The van der Waals surface area contributed by atoms with Gasteiger partial charge in [-0.2, -0.15) is 8.42 Å². The van der Waals surface area contributed by atoms with Crippen molar-refractivity contribution in [1.29, 1.82) is 0 Å². The van der Waals surface area contributed by atoms with Gasteiger partial charge < -0.3 is 9.84 Å². The normalized spacial score (nSPS) is 11.2. The van der Waals surface area contributed by atoms with Crippen molar-refractivity contribution in [3.05, 3.63) is 29.3 Å². The number of esters is 1. The third-order valence-corrected chi connectivity index (χ3v) is 2.80. The van der Waals surface area contributed by atoms with E-state index in [1.54, 1.807) is 0 Å². The highest BCUT2D eigenvalue weighted by molar-refractivity contribution is 7.85. The van der Waals surface area contributed by atoms with Crippen LogP contribution in [0.3, 0.4) is 0 Å². The van der Waals surface area contributed by atoms with Gasteiger partial charge in [0.25, 0.3) is 10.1 Å². The maximum Gasteiger partial charge on any atom is 0.338 e. The summed E-state index contributed by atoms with van der Waals surface area (Å²) in [5.41, 5.74) is 0.546. The molecule has 0 unspecified atom stereocenters. The minimum absolute atomic E-state index is 0.0695. The molecule has 0 atom stereocenters. The Morgan fingerprint density at radius 1 is 1.39 bits per heavy atom. The summed E-state index contributed by atoms with van der Waals surface area (Å²) in [6.45, 7) is -0.461. The lowest BCUT2D eigenvalue weighted by molar-refractivity contribution is 0.0528. The van der Waals surface area contributed by atoms with Crippen LogP contribution in [-0.4, -0.2) is 44.3 Å². The van der Waals surface area contributed by atoms with Crippen LogP contribution < -0.4 is 0 Å². The zero-order chi connectivity index (χ0) is 13.8. The molecule has 96 valence electrons. The Hall–Kier alpha value is -1.54. The molecule has 0 aliphatic heterocycles. The Labute approximate surface area is 106 Å². The highest BCUT2D eigenvalue weighted by atomic mass is 32.2. The molecule has 0 spiro atoms. The third-order valence-electron chi connectivity index (χ3n) is 2.12. The van der Waals surface area contributed by atoms with Crippen molar-refractivity contribution in [3.63, 3.8) is 0 Å². The van der Waals surface area contributed by atoms with Crippen LogP contribution in [0, 0.1) is 0 Å². The molecule has 2 radical (unpaired) electrons. The minimum Gasteiger partial charge on any atom is -0.508 e. The van der Waals surface area contributed by atoms with E-state index in [4.69, 9.17) is 12.4 Å². The van der Waals surface area contributed by atoms with Crippen LogP contribution in [-0.2, 0) is 21.2 Å². The number of benzene rings is 1. The quantitative estimate of drug-likeness (QED) is 0.447. The van der Waals surface area contributed by atoms with Crippen LogP contribution in [0.1, 0.15) is 15.9 Å². The van der Waals surface area contributed by atoms with Gasteiger partial charge >= 0.3 is 5.97 Å². The fourth-order valence-electron chi connectivity index (χ4n) is 1.19. The number of rotatable bonds is 5. The first-order chi connectivity index (χ1) is 8.33. The molecule has 0 fully saturated rings. The Kier molecular flexibility index (Phi) is 4.74. The standard InChI is InChI=1S/C10H11BO6S/c11-6-8-2-1-7(5-9(8)12)10(13)17-3-4-18(14,15)16/h1-2,5,12H,3-4,6H2,(H,14,15,16). The van der Waals surface area contributed by atoms with E-state index in [-0.39, 0.29) is 17.6 Å². The fraction of sp³-hybridized carbons (Fsp3) is 0.300. The largest absolute Gasteiger partial charge is 0.508 e. The summed E-state index contributed by atoms with van der Waals surface area (Å²) in [4.78, 5) is 11.4. The number of phenols is 1. The molecule has 0 saturated carbocycles. The van der Waals surface area contributed by atoms with Gasteiger partial charge in [0.05, 0.1) is 13.4 Å². The molecule has 0 aromatic heterocycles. The smallest absolute Gasteiger partial charge is 0.338 e. The predicted octanol–water partition coefficient (Wildman–Crippen LogP) is 0.105. The number of aromatic hydroxyl groups is 1. The van der Waals surface area contributed by atoms with E-state index in [1.807, 2.05) is 0 Å². The summed E-state index contributed by atoms with van der Waals surface area (Å²) in [7, 11) is 1.17. The van der Waals surface area contributed by atoms with Crippen LogP contribution in [0.2, 0.25) is 0 Å². The molecule has 1 aromatic rings. The summed E-state index contributed by atoms with van der Waals surface area (Å²) < 4.78 is 33.8. The van der Waals surface area contributed by atoms with Crippen LogP contribution >= 0.6 is 0 Å². The van der Waals surface area contributed by atoms with Gasteiger partial charge in [-0.3, -0.25) is 4.55 Å². The number of ether oxygens (including phenoxy) is 1. The molecule has 1 rings (SSSR count). The molecule has 6 nitrogen and oxygen atoms in total. The number of carbonyl (C=O) groups excluding carboxylic acids is 1. The summed E-state index contributed by atoms with van der Waals surface area (Å²) in [6.07, 6.45) is 0.129. The molecule has 0 aliphatic rings. The highest BCUT2D eigenvalue weighted by Crippen LogP contribution is 2.19. The monoisotopic (exact) mass is 270 g/mol. The molecular weight excluding hydrogens is 259 g/mol. The fourth-order valence-corrected chi connectivity index (χ4v) is 1.48. The number of hydrogen-bond donors (Lipinski definition) is 2. The van der Waals surface area contributed by atoms with Crippen molar-refractivity contribution in [2.75, 3.05) is 12.4 Å². The van der Waals surface area contributed by atoms with Gasteiger partial charge in [0, 0.05) is 0 Å². The summed E-state index contributed by atoms with van der Waals surface area (Å²) >= 11 is 0. The summed E-state index contributed by atoms with van der Waals surface area (Å²) in [6, 6.07) is 4.05. The average molecular weight is 270 g/mol. The lowest BCUT2D eigenvalue weighted by Gasteiger charge is -2.06. The Morgan fingerprint density at radius 3 is 2.56 bits per heavy atom.